The van der Waals surface area contributed by atoms with Crippen molar-refractivity contribution in [1.82, 2.24) is 0 Å². The summed E-state index contributed by atoms with van der Waals surface area (Å²) in [5.41, 5.74) is 0. The quantitative estimate of drug-likeness (QED) is 0.459. The highest BCUT2D eigenvalue weighted by molar-refractivity contribution is 4.56. The van der Waals surface area contributed by atoms with Crippen molar-refractivity contribution in [2.45, 2.75) is 78.2 Å². The van der Waals surface area contributed by atoms with Crippen LogP contribution in [-0.4, -0.2) is 37.6 Å². The Balaban J connectivity index is 3.26. The Hall–Kier alpha value is -0.120. The van der Waals surface area contributed by atoms with Crippen LogP contribution in [0.2, 0.25) is 0 Å². The minimum Gasteiger partial charge on any atom is -0.388 e. The van der Waals surface area contributed by atoms with Crippen LogP contribution in [0.25, 0.3) is 0 Å². The number of aliphatic hydroxyl groups excluding tert-OH is 1. The van der Waals surface area contributed by atoms with Crippen molar-refractivity contribution < 1.29 is 14.6 Å². The van der Waals surface area contributed by atoms with Crippen LogP contribution in [0.3, 0.4) is 0 Å². The summed E-state index contributed by atoms with van der Waals surface area (Å²) >= 11 is 0. The summed E-state index contributed by atoms with van der Waals surface area (Å²) < 4.78 is 10.7. The standard InChI is InChI=1S/C17H36O3/c1-4-6-7-8-9-10-11-12-16(3)13-20-15-17(18)14-19-5-2/h16-18H,4-15H2,1-3H3. The Morgan fingerprint density at radius 3 is 2.05 bits per heavy atom. The van der Waals surface area contributed by atoms with Crippen LogP contribution in [0.4, 0.5) is 0 Å². The average molecular weight is 288 g/mol. The Morgan fingerprint density at radius 2 is 1.40 bits per heavy atom. The van der Waals surface area contributed by atoms with Crippen molar-refractivity contribution >= 4 is 0 Å². The molecule has 0 aliphatic rings. The van der Waals surface area contributed by atoms with Crippen LogP contribution in [0.15, 0.2) is 0 Å². The van der Waals surface area contributed by atoms with Crippen molar-refractivity contribution in [1.29, 1.82) is 0 Å². The molecule has 0 amide bonds. The number of hydrogen-bond donors (Lipinski definition) is 1. The Morgan fingerprint density at radius 1 is 0.800 bits per heavy atom. The molecule has 3 heteroatoms. The molecule has 0 aromatic carbocycles. The van der Waals surface area contributed by atoms with Crippen LogP contribution in [0.1, 0.15) is 72.1 Å². The maximum Gasteiger partial charge on any atom is 0.101 e. The predicted molar refractivity (Wildman–Crippen MR) is 85.1 cm³/mol. The highest BCUT2D eigenvalue weighted by atomic mass is 16.5. The Kier molecular flexibility index (Phi) is 15.2. The Labute approximate surface area is 126 Å². The third kappa shape index (κ3) is 14.3. The minimum absolute atomic E-state index is 0.378. The van der Waals surface area contributed by atoms with E-state index in [1.807, 2.05) is 6.92 Å². The fraction of sp³-hybridized carbons (Fsp3) is 1.00. The van der Waals surface area contributed by atoms with Crippen molar-refractivity contribution in [3.8, 4) is 0 Å². The molecule has 0 aliphatic carbocycles. The van der Waals surface area contributed by atoms with Crippen molar-refractivity contribution in [2.24, 2.45) is 5.92 Å². The third-order valence-electron chi connectivity index (χ3n) is 3.53. The van der Waals surface area contributed by atoms with E-state index < -0.39 is 6.10 Å². The van der Waals surface area contributed by atoms with E-state index in [-0.39, 0.29) is 0 Å². The monoisotopic (exact) mass is 288 g/mol. The normalized spacial score (nSPS) is 14.4. The molecule has 0 rings (SSSR count). The summed E-state index contributed by atoms with van der Waals surface area (Å²) in [6.07, 6.45) is 10.3. The molecule has 3 nitrogen and oxygen atoms in total. The highest BCUT2D eigenvalue weighted by Gasteiger charge is 2.06. The second-order valence-corrected chi connectivity index (χ2v) is 5.87. The molecular weight excluding hydrogens is 252 g/mol. The van der Waals surface area contributed by atoms with Gasteiger partial charge in [-0.2, -0.15) is 0 Å². The second kappa shape index (κ2) is 15.3. The zero-order valence-electron chi connectivity index (χ0n) is 13.9. The zero-order chi connectivity index (χ0) is 15.1. The SMILES string of the molecule is CCCCCCCCCC(C)COCC(O)COCC. The molecule has 0 spiro atoms. The van der Waals surface area contributed by atoms with E-state index in [9.17, 15) is 5.11 Å². The molecule has 0 aromatic rings. The molecule has 0 aliphatic heterocycles. The lowest BCUT2D eigenvalue weighted by Crippen LogP contribution is -2.23. The van der Waals surface area contributed by atoms with Gasteiger partial charge >= 0.3 is 0 Å². The number of rotatable bonds is 15. The van der Waals surface area contributed by atoms with Crippen LogP contribution in [0.5, 0.6) is 0 Å². The molecule has 20 heavy (non-hydrogen) atoms. The molecule has 0 radical (unpaired) electrons. The van der Waals surface area contributed by atoms with Gasteiger partial charge in [-0.15, -0.1) is 0 Å². The molecule has 0 bridgehead atoms. The number of ether oxygens (including phenoxy) is 2. The summed E-state index contributed by atoms with van der Waals surface area (Å²) in [4.78, 5) is 0. The first-order valence-corrected chi connectivity index (χ1v) is 8.54. The lowest BCUT2D eigenvalue weighted by Gasteiger charge is -2.14. The van der Waals surface area contributed by atoms with Gasteiger partial charge in [-0.25, -0.2) is 0 Å². The number of unbranched alkanes of at least 4 members (excludes halogenated alkanes) is 6. The number of aliphatic hydroxyl groups is 1. The van der Waals surface area contributed by atoms with Gasteiger partial charge in [0.25, 0.3) is 0 Å². The van der Waals surface area contributed by atoms with Gasteiger partial charge in [-0.05, 0) is 19.3 Å². The summed E-state index contributed by atoms with van der Waals surface area (Å²) in [6.45, 7) is 8.58. The van der Waals surface area contributed by atoms with E-state index in [0.29, 0.717) is 25.7 Å². The van der Waals surface area contributed by atoms with E-state index in [1.165, 1.54) is 51.4 Å². The van der Waals surface area contributed by atoms with Crippen molar-refractivity contribution in [3.63, 3.8) is 0 Å². The fourth-order valence-electron chi connectivity index (χ4n) is 2.24. The van der Waals surface area contributed by atoms with Gasteiger partial charge in [-0.3, -0.25) is 0 Å². The van der Waals surface area contributed by atoms with Crippen LogP contribution in [0, 0.1) is 5.92 Å². The van der Waals surface area contributed by atoms with Crippen molar-refractivity contribution in [3.05, 3.63) is 0 Å². The van der Waals surface area contributed by atoms with Crippen molar-refractivity contribution in [2.75, 3.05) is 26.4 Å². The van der Waals surface area contributed by atoms with Crippen LogP contribution in [-0.2, 0) is 9.47 Å². The summed E-state index contributed by atoms with van der Waals surface area (Å²) in [6, 6.07) is 0. The minimum atomic E-state index is -0.485. The topological polar surface area (TPSA) is 38.7 Å². The second-order valence-electron chi connectivity index (χ2n) is 5.87. The molecule has 122 valence electrons. The molecule has 0 saturated heterocycles. The highest BCUT2D eigenvalue weighted by Crippen LogP contribution is 2.13. The van der Waals surface area contributed by atoms with E-state index in [1.54, 1.807) is 0 Å². The van der Waals surface area contributed by atoms with Crippen LogP contribution >= 0.6 is 0 Å². The van der Waals surface area contributed by atoms with Gasteiger partial charge in [0, 0.05) is 13.2 Å². The smallest absolute Gasteiger partial charge is 0.101 e. The first kappa shape index (κ1) is 19.9. The van der Waals surface area contributed by atoms with Gasteiger partial charge in [0.05, 0.1) is 13.2 Å². The lowest BCUT2D eigenvalue weighted by atomic mass is 10.0. The van der Waals surface area contributed by atoms with Gasteiger partial charge < -0.3 is 14.6 Å². The number of hydrogen-bond acceptors (Lipinski definition) is 3. The third-order valence-corrected chi connectivity index (χ3v) is 3.53. The maximum atomic E-state index is 9.56. The summed E-state index contributed by atoms with van der Waals surface area (Å²) in [5.74, 6) is 0.588. The van der Waals surface area contributed by atoms with Gasteiger partial charge in [0.1, 0.15) is 6.10 Å². The largest absolute Gasteiger partial charge is 0.388 e. The molecule has 1 N–H and O–H groups in total. The summed E-state index contributed by atoms with van der Waals surface area (Å²) in [7, 11) is 0. The van der Waals surface area contributed by atoms with Gasteiger partial charge in [0.2, 0.25) is 0 Å². The average Bonchev–Trinajstić information content (AvgIpc) is 2.44. The van der Waals surface area contributed by atoms with E-state index in [4.69, 9.17) is 9.47 Å². The van der Waals surface area contributed by atoms with Gasteiger partial charge in [0.15, 0.2) is 0 Å². The summed E-state index contributed by atoms with van der Waals surface area (Å²) in [5, 5.41) is 9.56. The fourth-order valence-corrected chi connectivity index (χ4v) is 2.24. The molecule has 2 atom stereocenters. The lowest BCUT2D eigenvalue weighted by molar-refractivity contribution is -0.0232. The molecule has 0 heterocycles. The zero-order valence-corrected chi connectivity index (χ0v) is 13.9. The van der Waals surface area contributed by atoms with E-state index >= 15 is 0 Å². The molecule has 0 fully saturated rings. The first-order chi connectivity index (χ1) is 9.70. The maximum absolute atomic E-state index is 9.56. The van der Waals surface area contributed by atoms with Crippen LogP contribution < -0.4 is 0 Å². The molecular formula is C17H36O3. The first-order valence-electron chi connectivity index (χ1n) is 8.54. The Bertz CT molecular complexity index is 185. The van der Waals surface area contributed by atoms with E-state index in [2.05, 4.69) is 13.8 Å². The van der Waals surface area contributed by atoms with Gasteiger partial charge in [-0.1, -0.05) is 58.8 Å². The molecule has 0 aromatic heterocycles. The molecule has 0 saturated carbocycles. The predicted octanol–water partition coefficient (Wildman–Crippen LogP) is 4.18. The van der Waals surface area contributed by atoms with E-state index in [0.717, 1.165) is 6.61 Å². The molecule has 2 unspecified atom stereocenters.